The highest BCUT2D eigenvalue weighted by Gasteiger charge is 2.10. The van der Waals surface area contributed by atoms with Gasteiger partial charge in [0.25, 0.3) is 5.69 Å². The van der Waals surface area contributed by atoms with Gasteiger partial charge in [-0.15, -0.1) is 0 Å². The van der Waals surface area contributed by atoms with E-state index in [-0.39, 0.29) is 5.69 Å². The Balaban J connectivity index is 2.11. The molecule has 0 radical (unpaired) electrons. The Labute approximate surface area is 122 Å². The quantitative estimate of drug-likeness (QED) is 0.427. The molecule has 3 aromatic rings. The second kappa shape index (κ2) is 4.61. The number of aromatic amines is 1. The maximum Gasteiger partial charge on any atom is 0.271 e. The van der Waals surface area contributed by atoms with E-state index in [2.05, 4.69) is 32.6 Å². The SMILES string of the molecule is O=[N+]([O-])c1ccc2nc(-c3ccc(I)cc3)[nH]c2c1. The Morgan fingerprint density at radius 1 is 1.16 bits per heavy atom. The summed E-state index contributed by atoms with van der Waals surface area (Å²) in [5, 5.41) is 10.7. The van der Waals surface area contributed by atoms with Gasteiger partial charge in [0, 0.05) is 21.3 Å². The van der Waals surface area contributed by atoms with Gasteiger partial charge in [-0.05, 0) is 40.8 Å². The number of imidazole rings is 1. The number of non-ortho nitro benzene ring substituents is 1. The molecule has 0 unspecified atom stereocenters. The molecule has 1 heterocycles. The highest BCUT2D eigenvalue weighted by Crippen LogP contribution is 2.24. The number of nitrogens with zero attached hydrogens (tertiary/aromatic N) is 2. The number of halogens is 1. The lowest BCUT2D eigenvalue weighted by atomic mass is 10.2. The summed E-state index contributed by atoms with van der Waals surface area (Å²) in [6, 6.07) is 12.5. The predicted molar refractivity (Wildman–Crippen MR) is 80.9 cm³/mol. The van der Waals surface area contributed by atoms with Crippen molar-refractivity contribution in [3.8, 4) is 11.4 Å². The summed E-state index contributed by atoms with van der Waals surface area (Å²) in [4.78, 5) is 17.9. The van der Waals surface area contributed by atoms with Crippen molar-refractivity contribution in [1.82, 2.24) is 9.97 Å². The van der Waals surface area contributed by atoms with E-state index < -0.39 is 4.92 Å². The van der Waals surface area contributed by atoms with Crippen LogP contribution >= 0.6 is 22.6 Å². The lowest BCUT2D eigenvalue weighted by Gasteiger charge is -1.95. The first-order valence-corrected chi connectivity index (χ1v) is 6.61. The maximum absolute atomic E-state index is 10.7. The molecule has 6 heteroatoms. The fourth-order valence-corrected chi connectivity index (χ4v) is 2.22. The van der Waals surface area contributed by atoms with Gasteiger partial charge in [-0.25, -0.2) is 4.98 Å². The van der Waals surface area contributed by atoms with Crippen LogP contribution in [0.5, 0.6) is 0 Å². The summed E-state index contributed by atoms with van der Waals surface area (Å²) < 4.78 is 1.15. The first kappa shape index (κ1) is 12.1. The van der Waals surface area contributed by atoms with E-state index in [1.807, 2.05) is 24.3 Å². The molecule has 5 nitrogen and oxygen atoms in total. The van der Waals surface area contributed by atoms with Crippen LogP contribution in [0.1, 0.15) is 0 Å². The van der Waals surface area contributed by atoms with Gasteiger partial charge in [0.15, 0.2) is 0 Å². The summed E-state index contributed by atoms with van der Waals surface area (Å²) in [5.41, 5.74) is 2.41. The number of benzene rings is 2. The van der Waals surface area contributed by atoms with Gasteiger partial charge in [-0.2, -0.15) is 0 Å². The molecule has 0 atom stereocenters. The molecule has 1 aromatic heterocycles. The monoisotopic (exact) mass is 365 g/mol. The van der Waals surface area contributed by atoms with E-state index >= 15 is 0 Å². The fourth-order valence-electron chi connectivity index (χ4n) is 1.86. The second-order valence-corrected chi connectivity index (χ2v) is 5.30. The van der Waals surface area contributed by atoms with Crippen molar-refractivity contribution in [2.45, 2.75) is 0 Å². The Hall–Kier alpha value is -1.96. The van der Waals surface area contributed by atoms with Crippen LogP contribution < -0.4 is 0 Å². The summed E-state index contributed by atoms with van der Waals surface area (Å²) in [7, 11) is 0. The number of rotatable bonds is 2. The van der Waals surface area contributed by atoms with Crippen molar-refractivity contribution in [1.29, 1.82) is 0 Å². The molecule has 0 amide bonds. The summed E-state index contributed by atoms with van der Waals surface area (Å²) >= 11 is 2.24. The standard InChI is InChI=1S/C13H8IN3O2/c14-9-3-1-8(2-4-9)13-15-11-6-5-10(17(18)19)7-12(11)16-13/h1-7H,(H,15,16). The molecule has 0 aliphatic heterocycles. The minimum atomic E-state index is -0.412. The number of H-pyrrole nitrogens is 1. The van der Waals surface area contributed by atoms with Gasteiger partial charge in [0.1, 0.15) is 5.82 Å². The van der Waals surface area contributed by atoms with E-state index in [4.69, 9.17) is 0 Å². The van der Waals surface area contributed by atoms with Gasteiger partial charge >= 0.3 is 0 Å². The largest absolute Gasteiger partial charge is 0.338 e. The van der Waals surface area contributed by atoms with Crippen molar-refractivity contribution in [2.24, 2.45) is 0 Å². The molecule has 0 bridgehead atoms. The van der Waals surface area contributed by atoms with Crippen molar-refractivity contribution < 1.29 is 4.92 Å². The zero-order valence-corrected chi connectivity index (χ0v) is 11.8. The number of hydrogen-bond donors (Lipinski definition) is 1. The van der Waals surface area contributed by atoms with E-state index in [0.717, 1.165) is 14.7 Å². The van der Waals surface area contributed by atoms with Crippen molar-refractivity contribution in [3.05, 3.63) is 56.1 Å². The van der Waals surface area contributed by atoms with Crippen molar-refractivity contribution in [3.63, 3.8) is 0 Å². The third kappa shape index (κ3) is 2.30. The average Bonchev–Trinajstić information content (AvgIpc) is 2.82. The highest BCUT2D eigenvalue weighted by atomic mass is 127. The maximum atomic E-state index is 10.7. The topological polar surface area (TPSA) is 71.8 Å². The zero-order chi connectivity index (χ0) is 13.4. The molecule has 0 saturated carbocycles. The molecule has 0 fully saturated rings. The van der Waals surface area contributed by atoms with Crippen molar-refractivity contribution >= 4 is 39.3 Å². The lowest BCUT2D eigenvalue weighted by molar-refractivity contribution is -0.384. The molecular formula is C13H8IN3O2. The van der Waals surface area contributed by atoms with Gasteiger partial charge < -0.3 is 4.98 Å². The van der Waals surface area contributed by atoms with E-state index in [1.54, 1.807) is 6.07 Å². The minimum absolute atomic E-state index is 0.0605. The van der Waals surface area contributed by atoms with Crippen LogP contribution in [0.4, 0.5) is 5.69 Å². The number of fused-ring (bicyclic) bond motifs is 1. The molecule has 0 saturated heterocycles. The van der Waals surface area contributed by atoms with Crippen LogP contribution in [-0.2, 0) is 0 Å². The van der Waals surface area contributed by atoms with Gasteiger partial charge in [0.2, 0.25) is 0 Å². The first-order valence-electron chi connectivity index (χ1n) is 5.53. The van der Waals surface area contributed by atoms with Crippen molar-refractivity contribution in [2.75, 3.05) is 0 Å². The molecule has 0 spiro atoms. The fraction of sp³-hybridized carbons (Fsp3) is 0. The van der Waals surface area contributed by atoms with Gasteiger partial charge in [0.05, 0.1) is 16.0 Å². The summed E-state index contributed by atoms with van der Waals surface area (Å²) in [5.74, 6) is 0.715. The molecule has 94 valence electrons. The summed E-state index contributed by atoms with van der Waals surface area (Å²) in [6.45, 7) is 0. The number of hydrogen-bond acceptors (Lipinski definition) is 3. The predicted octanol–water partition coefficient (Wildman–Crippen LogP) is 3.74. The molecule has 1 N–H and O–H groups in total. The van der Waals surface area contributed by atoms with E-state index in [0.29, 0.717) is 11.3 Å². The van der Waals surface area contributed by atoms with E-state index in [9.17, 15) is 10.1 Å². The van der Waals surface area contributed by atoms with Crippen LogP contribution in [0.3, 0.4) is 0 Å². The number of nitro benzene ring substituents is 1. The molecular weight excluding hydrogens is 357 g/mol. The minimum Gasteiger partial charge on any atom is -0.338 e. The van der Waals surface area contributed by atoms with Crippen LogP contribution in [0.25, 0.3) is 22.4 Å². The Morgan fingerprint density at radius 3 is 2.58 bits per heavy atom. The number of nitrogens with one attached hydrogen (secondary N) is 1. The normalized spacial score (nSPS) is 10.8. The third-order valence-electron chi connectivity index (χ3n) is 2.79. The number of nitro groups is 1. The van der Waals surface area contributed by atoms with Gasteiger partial charge in [-0.3, -0.25) is 10.1 Å². The van der Waals surface area contributed by atoms with Crippen LogP contribution in [0, 0.1) is 13.7 Å². The summed E-state index contributed by atoms with van der Waals surface area (Å²) in [6.07, 6.45) is 0. The molecule has 0 aliphatic rings. The van der Waals surface area contributed by atoms with Crippen LogP contribution in [0.15, 0.2) is 42.5 Å². The molecule has 3 rings (SSSR count). The molecule has 2 aromatic carbocycles. The molecule has 0 aliphatic carbocycles. The Morgan fingerprint density at radius 2 is 1.89 bits per heavy atom. The van der Waals surface area contributed by atoms with Crippen LogP contribution in [0.2, 0.25) is 0 Å². The highest BCUT2D eigenvalue weighted by molar-refractivity contribution is 14.1. The second-order valence-electron chi connectivity index (χ2n) is 4.05. The molecule has 19 heavy (non-hydrogen) atoms. The number of aromatic nitrogens is 2. The van der Waals surface area contributed by atoms with Crippen LogP contribution in [-0.4, -0.2) is 14.9 Å². The lowest BCUT2D eigenvalue weighted by Crippen LogP contribution is -1.86. The Kier molecular flexibility index (Phi) is 2.94. The van der Waals surface area contributed by atoms with E-state index in [1.165, 1.54) is 12.1 Å². The van der Waals surface area contributed by atoms with Gasteiger partial charge in [-0.1, -0.05) is 12.1 Å². The zero-order valence-electron chi connectivity index (χ0n) is 9.63. The average molecular weight is 365 g/mol. The first-order chi connectivity index (χ1) is 9.13. The smallest absolute Gasteiger partial charge is 0.271 e. The Bertz CT molecular complexity index is 765. The third-order valence-corrected chi connectivity index (χ3v) is 3.51.